The van der Waals surface area contributed by atoms with Crippen molar-refractivity contribution >= 4 is 21.9 Å². The molecule has 0 unspecified atom stereocenters. The molecule has 0 atom stereocenters. The van der Waals surface area contributed by atoms with Crippen molar-refractivity contribution in [2.24, 2.45) is 0 Å². The summed E-state index contributed by atoms with van der Waals surface area (Å²) in [6.07, 6.45) is 3.95. The fourth-order valence-corrected chi connectivity index (χ4v) is 3.66. The van der Waals surface area contributed by atoms with E-state index in [2.05, 4.69) is 6.92 Å². The van der Waals surface area contributed by atoms with Crippen molar-refractivity contribution in [3.63, 3.8) is 0 Å². The van der Waals surface area contributed by atoms with Gasteiger partial charge < -0.3 is 8.83 Å². The molecule has 0 aliphatic heterocycles. The quantitative estimate of drug-likeness (QED) is 0.576. The lowest BCUT2D eigenvalue weighted by Gasteiger charge is -2.16. The van der Waals surface area contributed by atoms with Crippen molar-refractivity contribution < 1.29 is 8.83 Å². The number of aryl methyl sites for hydroxylation is 4. The summed E-state index contributed by atoms with van der Waals surface area (Å²) in [5, 5.41) is 2.18. The normalized spacial score (nSPS) is 14.8. The minimum absolute atomic E-state index is 0.170. The first-order chi connectivity index (χ1) is 10.1. The van der Waals surface area contributed by atoms with E-state index < -0.39 is 0 Å². The zero-order valence-corrected chi connectivity index (χ0v) is 12.6. The van der Waals surface area contributed by atoms with Crippen LogP contribution in [0.25, 0.3) is 21.9 Å². The Morgan fingerprint density at radius 1 is 0.952 bits per heavy atom. The third kappa shape index (κ3) is 1.63. The maximum absolute atomic E-state index is 12.2. The second-order valence-corrected chi connectivity index (χ2v) is 6.11. The van der Waals surface area contributed by atoms with E-state index in [0.29, 0.717) is 5.58 Å². The molecule has 0 saturated carbocycles. The molecule has 0 radical (unpaired) electrons. The summed E-state index contributed by atoms with van der Waals surface area (Å²) in [6.45, 7) is 6.13. The number of furan rings is 1. The molecule has 0 amide bonds. The first kappa shape index (κ1) is 12.7. The summed E-state index contributed by atoms with van der Waals surface area (Å²) in [6, 6.07) is 1.98. The standard InChI is InChI=1S/C18H18O3/c1-9-8-14-16(17-15(9)10(2)11(3)20-17)12-6-4-5-7-13(12)18(19)21-14/h8H,4-7H2,1-3H3. The van der Waals surface area contributed by atoms with E-state index in [4.69, 9.17) is 8.83 Å². The van der Waals surface area contributed by atoms with Gasteiger partial charge in [-0.05, 0) is 69.2 Å². The number of hydrogen-bond donors (Lipinski definition) is 0. The van der Waals surface area contributed by atoms with Crippen LogP contribution < -0.4 is 5.63 Å². The first-order valence-corrected chi connectivity index (χ1v) is 7.56. The molecule has 0 fully saturated rings. The largest absolute Gasteiger partial charge is 0.460 e. The Morgan fingerprint density at radius 3 is 2.43 bits per heavy atom. The SMILES string of the molecule is Cc1oc2c(c(C)cc3oc(=O)c4c(c32)CCCC4)c1C. The third-order valence-electron chi connectivity index (χ3n) is 4.82. The number of rotatable bonds is 0. The maximum Gasteiger partial charge on any atom is 0.339 e. The van der Waals surface area contributed by atoms with Crippen molar-refractivity contribution in [3.8, 4) is 0 Å². The molecule has 108 valence electrons. The minimum atomic E-state index is -0.170. The highest BCUT2D eigenvalue weighted by molar-refractivity contribution is 6.07. The molecule has 1 aliphatic rings. The molecule has 1 aliphatic carbocycles. The predicted octanol–water partition coefficient (Wildman–Crippen LogP) is 4.34. The van der Waals surface area contributed by atoms with Crippen LogP contribution >= 0.6 is 0 Å². The van der Waals surface area contributed by atoms with Crippen LogP contribution in [0.2, 0.25) is 0 Å². The molecule has 4 rings (SSSR count). The molecular formula is C18H18O3. The van der Waals surface area contributed by atoms with Crippen LogP contribution in [0, 0.1) is 20.8 Å². The molecule has 21 heavy (non-hydrogen) atoms. The van der Waals surface area contributed by atoms with Gasteiger partial charge in [-0.3, -0.25) is 0 Å². The van der Waals surface area contributed by atoms with E-state index in [9.17, 15) is 4.79 Å². The number of hydrogen-bond acceptors (Lipinski definition) is 3. The van der Waals surface area contributed by atoms with E-state index >= 15 is 0 Å². The highest BCUT2D eigenvalue weighted by Crippen LogP contribution is 2.37. The van der Waals surface area contributed by atoms with Crippen molar-refractivity contribution in [2.75, 3.05) is 0 Å². The van der Waals surface area contributed by atoms with Gasteiger partial charge in [0.05, 0.1) is 5.39 Å². The molecule has 3 nitrogen and oxygen atoms in total. The Hall–Kier alpha value is -2.03. The second kappa shape index (κ2) is 4.23. The lowest BCUT2D eigenvalue weighted by atomic mass is 9.89. The summed E-state index contributed by atoms with van der Waals surface area (Å²) in [5.74, 6) is 0.941. The van der Waals surface area contributed by atoms with Crippen LogP contribution in [0.4, 0.5) is 0 Å². The van der Waals surface area contributed by atoms with Crippen molar-refractivity contribution in [1.29, 1.82) is 0 Å². The van der Waals surface area contributed by atoms with Crippen LogP contribution in [0.3, 0.4) is 0 Å². The Morgan fingerprint density at radius 2 is 1.67 bits per heavy atom. The van der Waals surface area contributed by atoms with Gasteiger partial charge in [-0.15, -0.1) is 0 Å². The molecule has 0 N–H and O–H groups in total. The third-order valence-corrected chi connectivity index (χ3v) is 4.82. The van der Waals surface area contributed by atoms with Crippen LogP contribution in [-0.4, -0.2) is 0 Å². The van der Waals surface area contributed by atoms with Crippen LogP contribution in [0.15, 0.2) is 19.7 Å². The van der Waals surface area contributed by atoms with Gasteiger partial charge in [-0.2, -0.15) is 0 Å². The van der Waals surface area contributed by atoms with Crippen molar-refractivity contribution in [1.82, 2.24) is 0 Å². The van der Waals surface area contributed by atoms with Crippen LogP contribution in [0.1, 0.15) is 40.9 Å². The van der Waals surface area contributed by atoms with E-state index in [0.717, 1.165) is 59.1 Å². The van der Waals surface area contributed by atoms with E-state index in [1.807, 2.05) is 19.9 Å². The molecule has 2 aromatic heterocycles. The van der Waals surface area contributed by atoms with Gasteiger partial charge in [0.2, 0.25) is 0 Å². The van der Waals surface area contributed by atoms with E-state index in [-0.39, 0.29) is 5.63 Å². The van der Waals surface area contributed by atoms with Crippen LogP contribution in [-0.2, 0) is 12.8 Å². The zero-order valence-electron chi connectivity index (χ0n) is 12.6. The first-order valence-electron chi connectivity index (χ1n) is 7.56. The molecular weight excluding hydrogens is 264 g/mol. The molecule has 3 heteroatoms. The summed E-state index contributed by atoms with van der Waals surface area (Å²) >= 11 is 0. The van der Waals surface area contributed by atoms with Crippen molar-refractivity contribution in [2.45, 2.75) is 46.5 Å². The fraction of sp³-hybridized carbons (Fsp3) is 0.389. The lowest BCUT2D eigenvalue weighted by Crippen LogP contribution is -2.15. The second-order valence-electron chi connectivity index (χ2n) is 6.11. The number of fused-ring (bicyclic) bond motifs is 5. The Bertz CT molecular complexity index is 941. The van der Waals surface area contributed by atoms with Gasteiger partial charge in [0.25, 0.3) is 0 Å². The summed E-state index contributed by atoms with van der Waals surface area (Å²) in [5.41, 5.74) is 5.67. The van der Waals surface area contributed by atoms with Crippen LogP contribution in [0.5, 0.6) is 0 Å². The van der Waals surface area contributed by atoms with Gasteiger partial charge in [0.15, 0.2) is 0 Å². The van der Waals surface area contributed by atoms with Gasteiger partial charge in [0, 0.05) is 10.9 Å². The summed E-state index contributed by atoms with van der Waals surface area (Å²) in [7, 11) is 0. The fourth-order valence-electron chi connectivity index (χ4n) is 3.66. The summed E-state index contributed by atoms with van der Waals surface area (Å²) in [4.78, 5) is 12.2. The van der Waals surface area contributed by atoms with Gasteiger partial charge >= 0.3 is 5.63 Å². The molecule has 0 bridgehead atoms. The zero-order chi connectivity index (χ0) is 14.7. The summed E-state index contributed by atoms with van der Waals surface area (Å²) < 4.78 is 11.6. The monoisotopic (exact) mass is 282 g/mol. The highest BCUT2D eigenvalue weighted by Gasteiger charge is 2.23. The average molecular weight is 282 g/mol. The molecule has 1 aromatic carbocycles. The van der Waals surface area contributed by atoms with Gasteiger partial charge in [0.1, 0.15) is 16.9 Å². The molecule has 2 heterocycles. The maximum atomic E-state index is 12.2. The lowest BCUT2D eigenvalue weighted by molar-refractivity contribution is 0.531. The average Bonchev–Trinajstić information content (AvgIpc) is 2.75. The number of benzene rings is 1. The topological polar surface area (TPSA) is 43.4 Å². The Kier molecular flexibility index (Phi) is 2.56. The minimum Gasteiger partial charge on any atom is -0.460 e. The molecule has 3 aromatic rings. The van der Waals surface area contributed by atoms with Gasteiger partial charge in [-0.1, -0.05) is 0 Å². The van der Waals surface area contributed by atoms with Gasteiger partial charge in [-0.25, -0.2) is 4.79 Å². The van der Waals surface area contributed by atoms with Crippen molar-refractivity contribution in [3.05, 3.63) is 44.5 Å². The predicted molar refractivity (Wildman–Crippen MR) is 83.1 cm³/mol. The smallest absolute Gasteiger partial charge is 0.339 e. The Balaban J connectivity index is 2.29. The van der Waals surface area contributed by atoms with E-state index in [1.54, 1.807) is 0 Å². The Labute approximate surface area is 122 Å². The highest BCUT2D eigenvalue weighted by atomic mass is 16.4. The van der Waals surface area contributed by atoms with E-state index in [1.165, 1.54) is 10.9 Å². The molecule has 0 spiro atoms. The molecule has 0 saturated heterocycles.